The van der Waals surface area contributed by atoms with Crippen molar-refractivity contribution < 1.29 is 19.1 Å². The van der Waals surface area contributed by atoms with Crippen LogP contribution in [0.2, 0.25) is 0 Å². The number of benzene rings is 3. The van der Waals surface area contributed by atoms with Crippen molar-refractivity contribution in [2.24, 2.45) is 0 Å². The fourth-order valence-corrected chi connectivity index (χ4v) is 4.20. The summed E-state index contributed by atoms with van der Waals surface area (Å²) in [5.41, 5.74) is 3.14. The van der Waals surface area contributed by atoms with E-state index < -0.39 is 6.04 Å². The Bertz CT molecular complexity index is 1150. The lowest BCUT2D eigenvalue weighted by Crippen LogP contribution is -2.52. The predicted molar refractivity (Wildman–Crippen MR) is 151 cm³/mol. The van der Waals surface area contributed by atoms with Crippen molar-refractivity contribution in [1.82, 2.24) is 10.2 Å². The molecule has 0 saturated heterocycles. The summed E-state index contributed by atoms with van der Waals surface area (Å²) in [7, 11) is 1.62. The average molecular weight is 517 g/mol. The number of amides is 2. The van der Waals surface area contributed by atoms with Gasteiger partial charge in [-0.1, -0.05) is 61.5 Å². The summed E-state index contributed by atoms with van der Waals surface area (Å²) in [4.78, 5) is 29.0. The lowest BCUT2D eigenvalue weighted by atomic mass is 10.0. The molecular weight excluding hydrogens is 476 g/mol. The van der Waals surface area contributed by atoms with E-state index in [9.17, 15) is 9.59 Å². The normalized spacial score (nSPS) is 12.3. The highest BCUT2D eigenvalue weighted by molar-refractivity contribution is 5.88. The van der Waals surface area contributed by atoms with Crippen LogP contribution in [0.15, 0.2) is 78.9 Å². The Kier molecular flexibility index (Phi) is 11.2. The molecule has 6 heteroatoms. The predicted octanol–water partition coefficient (Wildman–Crippen LogP) is 5.72. The van der Waals surface area contributed by atoms with Crippen LogP contribution in [0.3, 0.4) is 0 Å². The van der Waals surface area contributed by atoms with E-state index in [2.05, 4.69) is 5.32 Å². The quantitative estimate of drug-likeness (QED) is 0.278. The van der Waals surface area contributed by atoms with E-state index in [1.165, 1.54) is 0 Å². The van der Waals surface area contributed by atoms with Gasteiger partial charge in [0.1, 0.15) is 17.5 Å². The Morgan fingerprint density at radius 2 is 1.58 bits per heavy atom. The van der Waals surface area contributed by atoms with Gasteiger partial charge >= 0.3 is 0 Å². The first-order valence-corrected chi connectivity index (χ1v) is 13.4. The molecule has 0 aliphatic carbocycles. The topological polar surface area (TPSA) is 67.9 Å². The molecule has 0 bridgehead atoms. The van der Waals surface area contributed by atoms with Gasteiger partial charge in [0.25, 0.3) is 0 Å². The highest BCUT2D eigenvalue weighted by atomic mass is 16.5. The number of aryl methyl sites for hydroxylation is 1. The summed E-state index contributed by atoms with van der Waals surface area (Å²) in [6.45, 7) is 6.83. The molecule has 0 unspecified atom stereocenters. The highest BCUT2D eigenvalue weighted by Crippen LogP contribution is 2.20. The van der Waals surface area contributed by atoms with Crippen molar-refractivity contribution in [3.05, 3.63) is 95.6 Å². The molecule has 38 heavy (non-hydrogen) atoms. The SMILES string of the molecule is CC[C@@H](C)NC(=O)[C@H](Cc1ccccc1)N(Cc1ccccc1C)C(=O)CCCOc1ccc(OC)cc1. The molecule has 0 spiro atoms. The summed E-state index contributed by atoms with van der Waals surface area (Å²) in [5, 5.41) is 3.12. The molecule has 0 aliphatic heterocycles. The van der Waals surface area contributed by atoms with E-state index in [-0.39, 0.29) is 24.3 Å². The van der Waals surface area contributed by atoms with E-state index in [4.69, 9.17) is 9.47 Å². The number of hydrogen-bond donors (Lipinski definition) is 1. The zero-order valence-electron chi connectivity index (χ0n) is 23.0. The Morgan fingerprint density at radius 1 is 0.921 bits per heavy atom. The number of methoxy groups -OCH3 is 1. The van der Waals surface area contributed by atoms with E-state index in [1.807, 2.05) is 99.6 Å². The van der Waals surface area contributed by atoms with Gasteiger partial charge in [-0.25, -0.2) is 0 Å². The van der Waals surface area contributed by atoms with Crippen molar-refractivity contribution in [1.29, 1.82) is 0 Å². The number of hydrogen-bond acceptors (Lipinski definition) is 4. The Labute approximate surface area is 227 Å². The van der Waals surface area contributed by atoms with Crippen LogP contribution in [0.1, 0.15) is 49.8 Å². The molecule has 202 valence electrons. The van der Waals surface area contributed by atoms with Crippen molar-refractivity contribution in [2.45, 2.75) is 65.1 Å². The van der Waals surface area contributed by atoms with Crippen molar-refractivity contribution >= 4 is 11.8 Å². The van der Waals surface area contributed by atoms with Crippen LogP contribution in [0.5, 0.6) is 11.5 Å². The molecule has 6 nitrogen and oxygen atoms in total. The van der Waals surface area contributed by atoms with Crippen LogP contribution in [0.25, 0.3) is 0 Å². The minimum atomic E-state index is -0.624. The Balaban J connectivity index is 1.78. The summed E-state index contributed by atoms with van der Waals surface area (Å²) >= 11 is 0. The zero-order valence-corrected chi connectivity index (χ0v) is 23.0. The third kappa shape index (κ3) is 8.65. The maximum absolute atomic E-state index is 13.7. The summed E-state index contributed by atoms with van der Waals surface area (Å²) in [5.74, 6) is 1.30. The Morgan fingerprint density at radius 3 is 2.24 bits per heavy atom. The number of carbonyl (C=O) groups is 2. The van der Waals surface area contributed by atoms with Gasteiger partial charge in [0.05, 0.1) is 13.7 Å². The molecular formula is C32H40N2O4. The van der Waals surface area contributed by atoms with Gasteiger partial charge < -0.3 is 19.7 Å². The van der Waals surface area contributed by atoms with Gasteiger partial charge in [-0.15, -0.1) is 0 Å². The standard InChI is InChI=1S/C32H40N2O4/c1-5-25(3)33-32(36)30(22-26-13-7-6-8-14-26)34(23-27-15-10-9-12-24(27)2)31(35)16-11-21-38-29-19-17-28(37-4)18-20-29/h6-10,12-15,17-20,25,30H,5,11,16,21-23H2,1-4H3,(H,33,36)/t25-,30+/m1/s1. The first-order valence-electron chi connectivity index (χ1n) is 13.4. The number of nitrogens with zero attached hydrogens (tertiary/aromatic N) is 1. The third-order valence-electron chi connectivity index (χ3n) is 6.74. The fourth-order valence-electron chi connectivity index (χ4n) is 4.20. The smallest absolute Gasteiger partial charge is 0.243 e. The zero-order chi connectivity index (χ0) is 27.3. The monoisotopic (exact) mass is 516 g/mol. The number of nitrogens with one attached hydrogen (secondary N) is 1. The second kappa shape index (κ2) is 14.8. The highest BCUT2D eigenvalue weighted by Gasteiger charge is 2.31. The minimum Gasteiger partial charge on any atom is -0.497 e. The van der Waals surface area contributed by atoms with Gasteiger partial charge in [0.2, 0.25) is 11.8 Å². The maximum Gasteiger partial charge on any atom is 0.243 e. The van der Waals surface area contributed by atoms with Crippen molar-refractivity contribution in [3.63, 3.8) is 0 Å². The third-order valence-corrected chi connectivity index (χ3v) is 6.74. The second-order valence-corrected chi connectivity index (χ2v) is 9.60. The van der Waals surface area contributed by atoms with Gasteiger partial charge in [0, 0.05) is 25.4 Å². The van der Waals surface area contributed by atoms with Gasteiger partial charge in [0.15, 0.2) is 0 Å². The van der Waals surface area contributed by atoms with Crippen LogP contribution in [-0.2, 0) is 22.6 Å². The van der Waals surface area contributed by atoms with Crippen LogP contribution in [0.4, 0.5) is 0 Å². The first kappa shape index (κ1) is 28.8. The first-order chi connectivity index (χ1) is 18.4. The lowest BCUT2D eigenvalue weighted by molar-refractivity contribution is -0.141. The molecule has 3 rings (SSSR count). The molecule has 0 aromatic heterocycles. The van der Waals surface area contributed by atoms with Gasteiger partial charge in [-0.3, -0.25) is 9.59 Å². The van der Waals surface area contributed by atoms with Crippen LogP contribution in [-0.4, -0.2) is 42.5 Å². The van der Waals surface area contributed by atoms with E-state index in [0.717, 1.165) is 34.6 Å². The minimum absolute atomic E-state index is 0.0223. The fraction of sp³-hybridized carbons (Fsp3) is 0.375. The van der Waals surface area contributed by atoms with Gasteiger partial charge in [-0.05, 0) is 67.6 Å². The molecule has 0 aliphatic rings. The largest absolute Gasteiger partial charge is 0.497 e. The van der Waals surface area contributed by atoms with Crippen LogP contribution >= 0.6 is 0 Å². The van der Waals surface area contributed by atoms with Crippen molar-refractivity contribution in [3.8, 4) is 11.5 Å². The Hall–Kier alpha value is -3.80. The van der Waals surface area contributed by atoms with E-state index in [1.54, 1.807) is 12.0 Å². The average Bonchev–Trinajstić information content (AvgIpc) is 2.94. The summed E-state index contributed by atoms with van der Waals surface area (Å²) in [6.07, 6.45) is 2.09. The number of ether oxygens (including phenoxy) is 2. The van der Waals surface area contributed by atoms with Crippen LogP contribution < -0.4 is 14.8 Å². The molecule has 0 saturated carbocycles. The number of carbonyl (C=O) groups excluding carboxylic acids is 2. The molecule has 3 aromatic rings. The maximum atomic E-state index is 13.7. The summed E-state index contributed by atoms with van der Waals surface area (Å²) in [6, 6.07) is 24.7. The molecule has 3 aromatic carbocycles. The van der Waals surface area contributed by atoms with E-state index >= 15 is 0 Å². The molecule has 0 fully saturated rings. The van der Waals surface area contributed by atoms with Crippen molar-refractivity contribution in [2.75, 3.05) is 13.7 Å². The number of rotatable bonds is 14. The molecule has 2 atom stereocenters. The second-order valence-electron chi connectivity index (χ2n) is 9.60. The van der Waals surface area contributed by atoms with Crippen LogP contribution in [0, 0.1) is 6.92 Å². The molecule has 0 heterocycles. The molecule has 0 radical (unpaired) electrons. The van der Waals surface area contributed by atoms with E-state index in [0.29, 0.717) is 26.0 Å². The van der Waals surface area contributed by atoms with Gasteiger partial charge in [-0.2, -0.15) is 0 Å². The molecule has 2 amide bonds. The summed E-state index contributed by atoms with van der Waals surface area (Å²) < 4.78 is 11.0. The molecule has 1 N–H and O–H groups in total. The lowest BCUT2D eigenvalue weighted by Gasteiger charge is -2.33.